The fourth-order valence-corrected chi connectivity index (χ4v) is 4.29. The molecule has 144 valence electrons. The number of hydrazone groups is 1. The number of rotatable bonds is 4. The number of amides is 1. The molecule has 2 aliphatic rings. The summed E-state index contributed by atoms with van der Waals surface area (Å²) < 4.78 is 6.48. The molecule has 0 saturated carbocycles. The quantitative estimate of drug-likeness (QED) is 0.764. The summed E-state index contributed by atoms with van der Waals surface area (Å²) in [5.74, 6) is 1.40. The maximum Gasteiger partial charge on any atom is 0.276 e. The van der Waals surface area contributed by atoms with E-state index in [0.29, 0.717) is 16.6 Å². The SMILES string of the molecule is CCCSC1=NN2C(=c3ccccc3=N[C@H]2c2cc(Br)ccc2OC)C(=O)N1. The molecule has 2 aromatic carbocycles. The van der Waals surface area contributed by atoms with E-state index < -0.39 is 6.17 Å². The fourth-order valence-electron chi connectivity index (χ4n) is 3.20. The van der Waals surface area contributed by atoms with Gasteiger partial charge in [-0.15, -0.1) is 5.10 Å². The highest BCUT2D eigenvalue weighted by molar-refractivity contribution is 9.10. The van der Waals surface area contributed by atoms with Crippen molar-refractivity contribution in [3.8, 4) is 5.75 Å². The van der Waals surface area contributed by atoms with E-state index in [-0.39, 0.29) is 5.91 Å². The van der Waals surface area contributed by atoms with Crippen LogP contribution in [0, 0.1) is 0 Å². The summed E-state index contributed by atoms with van der Waals surface area (Å²) in [7, 11) is 1.63. The van der Waals surface area contributed by atoms with E-state index in [1.165, 1.54) is 11.8 Å². The first-order valence-electron chi connectivity index (χ1n) is 8.95. The first kappa shape index (κ1) is 19.0. The molecule has 0 spiro atoms. The second-order valence-electron chi connectivity index (χ2n) is 6.31. The third-order valence-electron chi connectivity index (χ3n) is 4.43. The predicted molar refractivity (Wildman–Crippen MR) is 114 cm³/mol. The molecule has 28 heavy (non-hydrogen) atoms. The van der Waals surface area contributed by atoms with Crippen LogP contribution in [0.2, 0.25) is 0 Å². The minimum Gasteiger partial charge on any atom is -0.496 e. The minimum atomic E-state index is -0.499. The van der Waals surface area contributed by atoms with E-state index >= 15 is 0 Å². The Balaban J connectivity index is 1.94. The van der Waals surface area contributed by atoms with E-state index in [9.17, 15) is 4.79 Å². The molecule has 6 nitrogen and oxygen atoms in total. The first-order valence-corrected chi connectivity index (χ1v) is 10.7. The summed E-state index contributed by atoms with van der Waals surface area (Å²) in [5, 5.41) is 11.5. The van der Waals surface area contributed by atoms with Crippen LogP contribution in [0.25, 0.3) is 5.70 Å². The molecule has 2 aromatic rings. The number of amidine groups is 1. The highest BCUT2D eigenvalue weighted by atomic mass is 79.9. The number of fused-ring (bicyclic) bond motifs is 2. The van der Waals surface area contributed by atoms with Crippen molar-refractivity contribution in [2.75, 3.05) is 12.9 Å². The van der Waals surface area contributed by atoms with Crippen LogP contribution in [-0.2, 0) is 4.79 Å². The van der Waals surface area contributed by atoms with Crippen molar-refractivity contribution < 1.29 is 9.53 Å². The van der Waals surface area contributed by atoms with Gasteiger partial charge in [0.25, 0.3) is 5.91 Å². The molecule has 1 amide bonds. The predicted octanol–water partition coefficient (Wildman–Crippen LogP) is 2.74. The Kier molecular flexibility index (Phi) is 5.41. The smallest absolute Gasteiger partial charge is 0.276 e. The molecule has 4 rings (SSSR count). The van der Waals surface area contributed by atoms with E-state index in [4.69, 9.17) is 14.8 Å². The molecule has 2 heterocycles. The molecular weight excluding hydrogens is 440 g/mol. The number of nitrogens with one attached hydrogen (secondary N) is 1. The number of carbonyl (C=O) groups excluding carboxylic acids is 1. The first-order chi connectivity index (χ1) is 13.6. The maximum absolute atomic E-state index is 13.0. The molecule has 0 unspecified atom stereocenters. The largest absolute Gasteiger partial charge is 0.496 e. The van der Waals surface area contributed by atoms with Gasteiger partial charge in [0.15, 0.2) is 11.3 Å². The van der Waals surface area contributed by atoms with Crippen LogP contribution in [0.1, 0.15) is 25.1 Å². The van der Waals surface area contributed by atoms with Crippen LogP contribution in [-0.4, -0.2) is 28.9 Å². The van der Waals surface area contributed by atoms with Crippen LogP contribution < -0.4 is 20.6 Å². The van der Waals surface area contributed by atoms with Gasteiger partial charge in [-0.25, -0.2) is 5.01 Å². The number of nitrogens with zero attached hydrogens (tertiary/aromatic N) is 3. The van der Waals surface area contributed by atoms with Gasteiger partial charge in [-0.05, 0) is 30.7 Å². The summed E-state index contributed by atoms with van der Waals surface area (Å²) in [5.41, 5.74) is 1.33. The van der Waals surface area contributed by atoms with Gasteiger partial charge in [0.1, 0.15) is 11.4 Å². The molecule has 0 radical (unpaired) electrons. The van der Waals surface area contributed by atoms with Crippen LogP contribution >= 0.6 is 27.7 Å². The molecule has 0 fully saturated rings. The lowest BCUT2D eigenvalue weighted by Gasteiger charge is -2.34. The Hall–Kier alpha value is -2.32. The number of halogens is 1. The highest BCUT2D eigenvalue weighted by Crippen LogP contribution is 2.37. The highest BCUT2D eigenvalue weighted by Gasteiger charge is 2.35. The summed E-state index contributed by atoms with van der Waals surface area (Å²) in [6.07, 6.45) is 0.493. The van der Waals surface area contributed by atoms with Crippen molar-refractivity contribution in [1.29, 1.82) is 0 Å². The Labute approximate surface area is 175 Å². The number of para-hydroxylation sites is 1. The number of methoxy groups -OCH3 is 1. The van der Waals surface area contributed by atoms with E-state index in [0.717, 1.165) is 32.8 Å². The molecule has 0 saturated heterocycles. The third-order valence-corrected chi connectivity index (χ3v) is 5.99. The zero-order chi connectivity index (χ0) is 19.7. The molecule has 8 heteroatoms. The maximum atomic E-state index is 13.0. The van der Waals surface area contributed by atoms with Gasteiger partial charge in [-0.2, -0.15) is 0 Å². The number of ether oxygens (including phenoxy) is 1. The fraction of sp³-hybridized carbons (Fsp3) is 0.250. The normalized spacial score (nSPS) is 17.9. The molecule has 1 atom stereocenters. The average molecular weight is 459 g/mol. The van der Waals surface area contributed by atoms with Gasteiger partial charge >= 0.3 is 0 Å². The van der Waals surface area contributed by atoms with Crippen LogP contribution in [0.5, 0.6) is 5.75 Å². The lowest BCUT2D eigenvalue weighted by molar-refractivity contribution is -0.116. The van der Waals surface area contributed by atoms with Gasteiger partial charge in [-0.1, -0.05) is 52.8 Å². The van der Waals surface area contributed by atoms with Gasteiger partial charge < -0.3 is 4.74 Å². The zero-order valence-corrected chi connectivity index (χ0v) is 17.9. The minimum absolute atomic E-state index is 0.171. The lowest BCUT2D eigenvalue weighted by Crippen LogP contribution is -2.50. The summed E-state index contributed by atoms with van der Waals surface area (Å²) in [4.78, 5) is 17.9. The Morgan fingerprint density at radius 1 is 1.29 bits per heavy atom. The second-order valence-corrected chi connectivity index (χ2v) is 8.31. The van der Waals surface area contributed by atoms with Crippen LogP contribution in [0.15, 0.2) is 57.0 Å². The molecular formula is C20H19BrN4O2S. The van der Waals surface area contributed by atoms with E-state index in [1.807, 2.05) is 42.5 Å². The number of hydrogen-bond donors (Lipinski definition) is 1. The average Bonchev–Trinajstić information content (AvgIpc) is 2.71. The molecule has 0 bridgehead atoms. The van der Waals surface area contributed by atoms with Gasteiger partial charge in [0.05, 0.1) is 12.5 Å². The van der Waals surface area contributed by atoms with E-state index in [1.54, 1.807) is 12.1 Å². The second kappa shape index (κ2) is 7.97. The van der Waals surface area contributed by atoms with Crippen molar-refractivity contribution in [2.45, 2.75) is 19.5 Å². The van der Waals surface area contributed by atoms with Crippen molar-refractivity contribution in [3.05, 3.63) is 63.1 Å². The van der Waals surface area contributed by atoms with E-state index in [2.05, 4.69) is 28.2 Å². The van der Waals surface area contributed by atoms with Crippen molar-refractivity contribution >= 4 is 44.5 Å². The van der Waals surface area contributed by atoms with Crippen LogP contribution in [0.4, 0.5) is 0 Å². The number of carbonyl (C=O) groups is 1. The Bertz CT molecular complexity index is 1090. The summed E-state index contributed by atoms with van der Waals surface area (Å²) >= 11 is 5.06. The van der Waals surface area contributed by atoms with Crippen molar-refractivity contribution in [3.63, 3.8) is 0 Å². The molecule has 0 aromatic heterocycles. The zero-order valence-electron chi connectivity index (χ0n) is 15.5. The van der Waals surface area contributed by atoms with Crippen molar-refractivity contribution in [1.82, 2.24) is 10.3 Å². The standard InChI is InChI=1S/C20H19BrN4O2S/c1-3-10-28-20-23-19(26)17-13-6-4-5-7-15(13)22-18(25(17)24-20)14-11-12(21)8-9-16(14)27-2/h4-9,11,18H,3,10H2,1-2H3,(H,23,24,26)/t18-/m1/s1. The topological polar surface area (TPSA) is 66.3 Å². The van der Waals surface area contributed by atoms with Gasteiger partial charge in [-0.3, -0.25) is 15.1 Å². The Morgan fingerprint density at radius 2 is 2.11 bits per heavy atom. The number of benzene rings is 2. The molecule has 1 N–H and O–H groups in total. The third kappa shape index (κ3) is 3.42. The molecule has 2 aliphatic heterocycles. The van der Waals surface area contributed by atoms with Gasteiger partial charge in [0.2, 0.25) is 0 Å². The summed E-state index contributed by atoms with van der Waals surface area (Å²) in [6, 6.07) is 13.4. The van der Waals surface area contributed by atoms with Gasteiger partial charge in [0, 0.05) is 21.0 Å². The van der Waals surface area contributed by atoms with Crippen LogP contribution in [0.3, 0.4) is 0 Å². The Morgan fingerprint density at radius 3 is 2.89 bits per heavy atom. The lowest BCUT2D eigenvalue weighted by atomic mass is 10.1. The number of thioether (sulfide) groups is 1. The molecule has 0 aliphatic carbocycles. The monoisotopic (exact) mass is 458 g/mol. The number of hydrogen-bond acceptors (Lipinski definition) is 6. The summed E-state index contributed by atoms with van der Waals surface area (Å²) in [6.45, 7) is 2.09. The van der Waals surface area contributed by atoms with Crippen molar-refractivity contribution in [2.24, 2.45) is 10.1 Å².